The highest BCUT2D eigenvalue weighted by molar-refractivity contribution is 6.39. The van der Waals surface area contributed by atoms with Crippen LogP contribution in [0, 0.1) is 10.1 Å². The fourth-order valence-electron chi connectivity index (χ4n) is 1.23. The Hall–Kier alpha value is -1.53. The Labute approximate surface area is 113 Å². The fourth-order valence-corrected chi connectivity index (χ4v) is 1.83. The number of nitro benzene ring substituents is 1. The van der Waals surface area contributed by atoms with Crippen molar-refractivity contribution in [3.05, 3.63) is 32.3 Å². The van der Waals surface area contributed by atoms with Crippen molar-refractivity contribution in [2.24, 2.45) is 0 Å². The number of rotatable bonds is 5. The van der Waals surface area contributed by atoms with Crippen LogP contribution < -0.4 is 5.32 Å². The van der Waals surface area contributed by atoms with Gasteiger partial charge in [-0.1, -0.05) is 23.2 Å². The van der Waals surface area contributed by atoms with E-state index in [9.17, 15) is 14.9 Å². The smallest absolute Gasteiger partial charge is 0.307 e. The van der Waals surface area contributed by atoms with E-state index >= 15 is 0 Å². The minimum Gasteiger partial charge on any atom is -0.469 e. The number of halogens is 2. The Morgan fingerprint density at radius 1 is 1.44 bits per heavy atom. The van der Waals surface area contributed by atoms with Gasteiger partial charge in [-0.05, 0) is 0 Å². The number of hydrogen-bond acceptors (Lipinski definition) is 5. The van der Waals surface area contributed by atoms with E-state index in [1.54, 1.807) is 0 Å². The van der Waals surface area contributed by atoms with Crippen LogP contribution in [0.25, 0.3) is 0 Å². The van der Waals surface area contributed by atoms with Crippen molar-refractivity contribution in [3.8, 4) is 0 Å². The van der Waals surface area contributed by atoms with Crippen molar-refractivity contribution in [2.45, 2.75) is 6.42 Å². The maximum Gasteiger partial charge on any atom is 0.307 e. The summed E-state index contributed by atoms with van der Waals surface area (Å²) in [7, 11) is 1.29. The van der Waals surface area contributed by atoms with Gasteiger partial charge in [-0.15, -0.1) is 0 Å². The molecule has 98 valence electrons. The molecule has 18 heavy (non-hydrogen) atoms. The van der Waals surface area contributed by atoms with Gasteiger partial charge in [0.25, 0.3) is 5.69 Å². The van der Waals surface area contributed by atoms with Crippen LogP contribution in [-0.2, 0) is 9.53 Å². The van der Waals surface area contributed by atoms with Gasteiger partial charge in [-0.25, -0.2) is 0 Å². The van der Waals surface area contributed by atoms with E-state index in [4.69, 9.17) is 23.2 Å². The van der Waals surface area contributed by atoms with Crippen LogP contribution in [0.2, 0.25) is 10.0 Å². The Balaban J connectivity index is 2.78. The summed E-state index contributed by atoms with van der Waals surface area (Å²) in [6.45, 7) is 0.268. The Bertz CT molecular complexity index is 456. The van der Waals surface area contributed by atoms with Crippen LogP contribution in [0.3, 0.4) is 0 Å². The summed E-state index contributed by atoms with van der Waals surface area (Å²) in [5, 5.41) is 13.6. The van der Waals surface area contributed by atoms with Crippen LogP contribution in [0.5, 0.6) is 0 Å². The highest BCUT2D eigenvalue weighted by Gasteiger charge is 2.14. The number of esters is 1. The summed E-state index contributed by atoms with van der Waals surface area (Å²) in [5.74, 6) is -0.378. The lowest BCUT2D eigenvalue weighted by atomic mass is 10.2. The third-order valence-electron chi connectivity index (χ3n) is 2.10. The lowest BCUT2D eigenvalue weighted by Crippen LogP contribution is -2.10. The summed E-state index contributed by atoms with van der Waals surface area (Å²) in [4.78, 5) is 20.9. The molecule has 0 saturated carbocycles. The van der Waals surface area contributed by atoms with E-state index in [0.717, 1.165) is 0 Å². The maximum absolute atomic E-state index is 10.9. The molecule has 0 aliphatic carbocycles. The lowest BCUT2D eigenvalue weighted by Gasteiger charge is -2.09. The summed E-state index contributed by atoms with van der Waals surface area (Å²) < 4.78 is 4.46. The summed E-state index contributed by atoms with van der Waals surface area (Å²) in [6.07, 6.45) is 0.139. The average Bonchev–Trinajstić information content (AvgIpc) is 2.31. The van der Waals surface area contributed by atoms with Gasteiger partial charge in [0.2, 0.25) is 0 Å². The summed E-state index contributed by atoms with van der Waals surface area (Å²) in [6, 6.07) is 2.38. The van der Waals surface area contributed by atoms with Crippen LogP contribution in [0.4, 0.5) is 11.4 Å². The first-order chi connectivity index (χ1) is 8.45. The molecule has 1 aromatic rings. The van der Waals surface area contributed by atoms with E-state index in [0.29, 0.717) is 5.69 Å². The van der Waals surface area contributed by atoms with Gasteiger partial charge >= 0.3 is 5.97 Å². The number of carbonyl (C=O) groups excluding carboxylic acids is 1. The first-order valence-corrected chi connectivity index (χ1v) is 5.65. The minimum absolute atomic E-state index is 0.124. The molecule has 0 aliphatic heterocycles. The van der Waals surface area contributed by atoms with Gasteiger partial charge in [-0.2, -0.15) is 0 Å². The number of non-ortho nitro benzene ring substituents is 1. The predicted octanol–water partition coefficient (Wildman–Crippen LogP) is 2.88. The average molecular weight is 293 g/mol. The number of ether oxygens (including phenoxy) is 1. The molecule has 1 rings (SSSR count). The molecule has 6 nitrogen and oxygen atoms in total. The van der Waals surface area contributed by atoms with Crippen LogP contribution >= 0.6 is 23.2 Å². The number of carbonyl (C=O) groups is 1. The number of nitrogens with one attached hydrogen (secondary N) is 1. The van der Waals surface area contributed by atoms with Gasteiger partial charge in [0, 0.05) is 18.7 Å². The van der Waals surface area contributed by atoms with Crippen molar-refractivity contribution in [1.29, 1.82) is 0 Å². The molecule has 0 saturated heterocycles. The first kappa shape index (κ1) is 14.5. The Kier molecular flexibility index (Phi) is 5.18. The SMILES string of the molecule is COC(=O)CCNc1c(Cl)cc([N+](=O)[O-])cc1Cl. The monoisotopic (exact) mass is 292 g/mol. The quantitative estimate of drug-likeness (QED) is 0.513. The molecule has 0 heterocycles. The lowest BCUT2D eigenvalue weighted by molar-refractivity contribution is -0.384. The van der Waals surface area contributed by atoms with Crippen molar-refractivity contribution in [3.63, 3.8) is 0 Å². The molecular weight excluding hydrogens is 283 g/mol. The topological polar surface area (TPSA) is 81.5 Å². The molecule has 0 radical (unpaired) electrons. The van der Waals surface area contributed by atoms with Crippen molar-refractivity contribution in [2.75, 3.05) is 19.0 Å². The molecule has 0 atom stereocenters. The molecular formula is C10H10Cl2N2O4. The fraction of sp³-hybridized carbons (Fsp3) is 0.300. The molecule has 0 spiro atoms. The third kappa shape index (κ3) is 3.75. The van der Waals surface area contributed by atoms with Crippen molar-refractivity contribution in [1.82, 2.24) is 0 Å². The zero-order valence-corrected chi connectivity index (χ0v) is 10.9. The van der Waals surface area contributed by atoms with Crippen LogP contribution in [0.15, 0.2) is 12.1 Å². The maximum atomic E-state index is 10.9. The number of hydrogen-bond donors (Lipinski definition) is 1. The Morgan fingerprint density at radius 3 is 2.44 bits per heavy atom. The summed E-state index contributed by atoms with van der Waals surface area (Å²) >= 11 is 11.7. The van der Waals surface area contributed by atoms with Gasteiger partial charge in [-0.3, -0.25) is 14.9 Å². The number of nitrogens with zero attached hydrogens (tertiary/aromatic N) is 1. The number of anilines is 1. The third-order valence-corrected chi connectivity index (χ3v) is 2.69. The standard InChI is InChI=1S/C10H10Cl2N2O4/c1-18-9(15)2-3-13-10-7(11)4-6(14(16)17)5-8(10)12/h4-5,13H,2-3H2,1H3. The second kappa shape index (κ2) is 6.42. The molecule has 0 unspecified atom stereocenters. The van der Waals surface area contributed by atoms with Crippen LogP contribution in [0.1, 0.15) is 6.42 Å². The zero-order chi connectivity index (χ0) is 13.7. The highest BCUT2D eigenvalue weighted by atomic mass is 35.5. The number of methoxy groups -OCH3 is 1. The minimum atomic E-state index is -0.587. The molecule has 8 heteroatoms. The largest absolute Gasteiger partial charge is 0.469 e. The second-order valence-corrected chi connectivity index (χ2v) is 4.11. The highest BCUT2D eigenvalue weighted by Crippen LogP contribution is 2.34. The van der Waals surface area contributed by atoms with E-state index in [-0.39, 0.29) is 34.7 Å². The van der Waals surface area contributed by atoms with Gasteiger partial charge in [0.05, 0.1) is 34.2 Å². The van der Waals surface area contributed by atoms with E-state index in [2.05, 4.69) is 10.1 Å². The second-order valence-electron chi connectivity index (χ2n) is 3.29. The van der Waals surface area contributed by atoms with Gasteiger partial charge in [0.1, 0.15) is 0 Å². The molecule has 0 amide bonds. The predicted molar refractivity (Wildman–Crippen MR) is 68.2 cm³/mol. The normalized spacial score (nSPS) is 9.94. The molecule has 0 bridgehead atoms. The number of benzene rings is 1. The van der Waals surface area contributed by atoms with Crippen molar-refractivity contribution < 1.29 is 14.5 Å². The number of nitro groups is 1. The van der Waals surface area contributed by atoms with E-state index in [1.165, 1.54) is 19.2 Å². The zero-order valence-electron chi connectivity index (χ0n) is 9.41. The Morgan fingerprint density at radius 2 is 2.00 bits per heavy atom. The van der Waals surface area contributed by atoms with Gasteiger partial charge < -0.3 is 10.1 Å². The molecule has 0 aromatic heterocycles. The van der Waals surface area contributed by atoms with Gasteiger partial charge in [0.15, 0.2) is 0 Å². The molecule has 1 aromatic carbocycles. The van der Waals surface area contributed by atoms with E-state index < -0.39 is 4.92 Å². The van der Waals surface area contributed by atoms with E-state index in [1.807, 2.05) is 0 Å². The molecule has 1 N–H and O–H groups in total. The first-order valence-electron chi connectivity index (χ1n) is 4.90. The summed E-state index contributed by atoms with van der Waals surface area (Å²) in [5.41, 5.74) is 0.163. The van der Waals surface area contributed by atoms with Crippen LogP contribution in [-0.4, -0.2) is 24.5 Å². The molecule has 0 fully saturated rings. The van der Waals surface area contributed by atoms with Crippen molar-refractivity contribution >= 4 is 40.5 Å². The molecule has 0 aliphatic rings.